The van der Waals surface area contributed by atoms with Crippen LogP contribution in [0.3, 0.4) is 0 Å². The molecule has 2 aromatic rings. The van der Waals surface area contributed by atoms with Crippen molar-refractivity contribution in [1.29, 1.82) is 0 Å². The summed E-state index contributed by atoms with van der Waals surface area (Å²) in [6.45, 7) is 3.34. The number of rotatable bonds is 8. The van der Waals surface area contributed by atoms with E-state index in [4.69, 9.17) is 5.73 Å². The van der Waals surface area contributed by atoms with Gasteiger partial charge >= 0.3 is 0 Å². The summed E-state index contributed by atoms with van der Waals surface area (Å²) >= 11 is 0. The van der Waals surface area contributed by atoms with E-state index in [0.717, 1.165) is 17.7 Å². The molecule has 0 fully saturated rings. The summed E-state index contributed by atoms with van der Waals surface area (Å²) in [5, 5.41) is 5.74. The van der Waals surface area contributed by atoms with Crippen molar-refractivity contribution in [2.75, 3.05) is 27.2 Å². The molecule has 1 unspecified atom stereocenters. The summed E-state index contributed by atoms with van der Waals surface area (Å²) in [4.78, 5) is 26.8. The number of hydrogen-bond acceptors (Lipinski definition) is 4. The predicted molar refractivity (Wildman–Crippen MR) is 122 cm³/mol. The first-order chi connectivity index (χ1) is 12.8. The van der Waals surface area contributed by atoms with E-state index in [1.165, 1.54) is 0 Å². The van der Waals surface area contributed by atoms with Crippen molar-refractivity contribution in [1.82, 2.24) is 15.5 Å². The molecule has 0 saturated heterocycles. The summed E-state index contributed by atoms with van der Waals surface area (Å²) in [7, 11) is 3.91. The Balaban J connectivity index is 0.00000392. The molecule has 8 heteroatoms. The number of nitrogens with two attached hydrogens (primary N) is 1. The number of nitrogens with one attached hydrogen (secondary N) is 2. The van der Waals surface area contributed by atoms with Crippen LogP contribution < -0.4 is 16.4 Å². The molecule has 0 saturated carbocycles. The lowest BCUT2D eigenvalue weighted by atomic mass is 9.92. The van der Waals surface area contributed by atoms with Gasteiger partial charge in [-0.25, -0.2) is 0 Å². The molecule has 0 aromatic heterocycles. The molecule has 0 spiro atoms. The maximum absolute atomic E-state index is 12.5. The normalized spacial score (nSPS) is 12.2. The van der Waals surface area contributed by atoms with E-state index in [1.54, 1.807) is 25.1 Å². The number of hydrogen-bond donors (Lipinski definition) is 3. The number of benzene rings is 2. The summed E-state index contributed by atoms with van der Waals surface area (Å²) in [6, 6.07) is 16.5. The van der Waals surface area contributed by atoms with Crippen LogP contribution in [0.2, 0.25) is 0 Å². The van der Waals surface area contributed by atoms with Crippen LogP contribution in [0.15, 0.2) is 54.6 Å². The number of carbonyl (C=O) groups is 2. The summed E-state index contributed by atoms with van der Waals surface area (Å²) in [5.74, 6) is -0.396. The highest BCUT2D eigenvalue weighted by atomic mass is 35.5. The first-order valence-electron chi connectivity index (χ1n) is 8.95. The molecule has 2 amide bonds. The second-order valence-electron chi connectivity index (χ2n) is 7.01. The van der Waals surface area contributed by atoms with Gasteiger partial charge in [-0.3, -0.25) is 9.59 Å². The Kier molecular flexibility index (Phi) is 11.5. The van der Waals surface area contributed by atoms with Crippen LogP contribution in [-0.2, 0) is 16.9 Å². The molecule has 2 aromatic carbocycles. The molecule has 4 N–H and O–H groups in total. The maximum Gasteiger partial charge on any atom is 0.251 e. The van der Waals surface area contributed by atoms with Crippen molar-refractivity contribution in [2.45, 2.75) is 19.0 Å². The second kappa shape index (κ2) is 12.4. The number of halogens is 2. The van der Waals surface area contributed by atoms with Gasteiger partial charge in [0, 0.05) is 25.2 Å². The molecule has 0 aliphatic carbocycles. The van der Waals surface area contributed by atoms with E-state index < -0.39 is 5.54 Å². The lowest BCUT2D eigenvalue weighted by Gasteiger charge is -2.24. The molecule has 0 aliphatic rings. The summed E-state index contributed by atoms with van der Waals surface area (Å²) in [5.41, 5.74) is 7.26. The van der Waals surface area contributed by atoms with Crippen LogP contribution in [0.1, 0.15) is 28.4 Å². The second-order valence-corrected chi connectivity index (χ2v) is 7.01. The van der Waals surface area contributed by atoms with Crippen LogP contribution in [0.5, 0.6) is 0 Å². The molecule has 6 nitrogen and oxygen atoms in total. The SMILES string of the molecule is CN(C)CCNC(=O)c1cccc(CNC(=O)C(C)(N)c2ccccc2)c1.Cl.Cl. The Morgan fingerprint density at radius 2 is 1.66 bits per heavy atom. The van der Waals surface area contributed by atoms with Crippen molar-refractivity contribution in [2.24, 2.45) is 5.73 Å². The molecule has 0 radical (unpaired) electrons. The zero-order valence-electron chi connectivity index (χ0n) is 17.0. The lowest BCUT2D eigenvalue weighted by molar-refractivity contribution is -0.126. The Morgan fingerprint density at radius 1 is 1.00 bits per heavy atom. The van der Waals surface area contributed by atoms with E-state index in [9.17, 15) is 9.59 Å². The third-order valence-corrected chi connectivity index (χ3v) is 4.33. The van der Waals surface area contributed by atoms with Crippen molar-refractivity contribution < 1.29 is 9.59 Å². The molecular formula is C21H30Cl2N4O2. The van der Waals surface area contributed by atoms with Gasteiger partial charge in [-0.05, 0) is 44.3 Å². The van der Waals surface area contributed by atoms with E-state index in [-0.39, 0.29) is 36.6 Å². The van der Waals surface area contributed by atoms with E-state index in [0.29, 0.717) is 18.7 Å². The molecule has 0 aliphatic heterocycles. The third kappa shape index (κ3) is 8.03. The van der Waals surface area contributed by atoms with Gasteiger partial charge in [0.05, 0.1) is 0 Å². The average Bonchev–Trinajstić information content (AvgIpc) is 2.66. The Bertz CT molecular complexity index is 783. The van der Waals surface area contributed by atoms with E-state index in [1.807, 2.05) is 55.4 Å². The zero-order chi connectivity index (χ0) is 19.9. The highest BCUT2D eigenvalue weighted by Crippen LogP contribution is 2.17. The molecule has 160 valence electrons. The average molecular weight is 441 g/mol. The fourth-order valence-corrected chi connectivity index (χ4v) is 2.60. The lowest BCUT2D eigenvalue weighted by Crippen LogP contribution is -2.48. The number of amides is 2. The van der Waals surface area contributed by atoms with Crippen molar-refractivity contribution in [3.05, 3.63) is 71.3 Å². The molecule has 1 atom stereocenters. The zero-order valence-corrected chi connectivity index (χ0v) is 18.6. The smallest absolute Gasteiger partial charge is 0.251 e. The highest BCUT2D eigenvalue weighted by molar-refractivity contribution is 5.94. The number of likely N-dealkylation sites (N-methyl/N-ethyl adjacent to an activating group) is 1. The van der Waals surface area contributed by atoms with Gasteiger partial charge in [-0.2, -0.15) is 0 Å². The topological polar surface area (TPSA) is 87.5 Å². The molecule has 0 bridgehead atoms. The van der Waals surface area contributed by atoms with E-state index >= 15 is 0 Å². The highest BCUT2D eigenvalue weighted by Gasteiger charge is 2.29. The fraction of sp³-hybridized carbons (Fsp3) is 0.333. The van der Waals surface area contributed by atoms with Gasteiger partial charge < -0.3 is 21.3 Å². The minimum atomic E-state index is -1.12. The fourth-order valence-electron chi connectivity index (χ4n) is 2.60. The van der Waals surface area contributed by atoms with Crippen molar-refractivity contribution >= 4 is 36.6 Å². The van der Waals surface area contributed by atoms with Crippen LogP contribution in [0, 0.1) is 0 Å². The maximum atomic E-state index is 12.5. The first-order valence-corrected chi connectivity index (χ1v) is 8.95. The van der Waals surface area contributed by atoms with Crippen LogP contribution in [-0.4, -0.2) is 43.9 Å². The Morgan fingerprint density at radius 3 is 2.28 bits per heavy atom. The van der Waals surface area contributed by atoms with Gasteiger partial charge in [-0.1, -0.05) is 42.5 Å². The minimum absolute atomic E-state index is 0. The van der Waals surface area contributed by atoms with Gasteiger partial charge in [-0.15, -0.1) is 24.8 Å². The van der Waals surface area contributed by atoms with Gasteiger partial charge in [0.15, 0.2) is 0 Å². The first kappa shape index (κ1) is 26.9. The standard InChI is InChI=1S/C21H28N4O2.2ClH/c1-21(22,18-10-5-4-6-11-18)20(27)24-15-16-8-7-9-17(14-16)19(26)23-12-13-25(2)3;;/h4-11,14H,12-13,15,22H2,1-3H3,(H,23,26)(H,24,27);2*1H. The quantitative estimate of drug-likeness (QED) is 0.587. The monoisotopic (exact) mass is 440 g/mol. The third-order valence-electron chi connectivity index (χ3n) is 4.33. The minimum Gasteiger partial charge on any atom is -0.351 e. The Hall–Kier alpha value is -2.12. The Labute approximate surface area is 185 Å². The van der Waals surface area contributed by atoms with Crippen LogP contribution >= 0.6 is 24.8 Å². The van der Waals surface area contributed by atoms with Gasteiger partial charge in [0.25, 0.3) is 5.91 Å². The molecule has 2 rings (SSSR count). The van der Waals surface area contributed by atoms with Crippen LogP contribution in [0.4, 0.5) is 0 Å². The molecule has 0 heterocycles. The van der Waals surface area contributed by atoms with Crippen molar-refractivity contribution in [3.63, 3.8) is 0 Å². The predicted octanol–water partition coefficient (Wildman–Crippen LogP) is 2.31. The molecule has 29 heavy (non-hydrogen) atoms. The van der Waals surface area contributed by atoms with Crippen molar-refractivity contribution in [3.8, 4) is 0 Å². The number of carbonyl (C=O) groups excluding carboxylic acids is 2. The number of nitrogens with zero attached hydrogens (tertiary/aromatic N) is 1. The van der Waals surface area contributed by atoms with Gasteiger partial charge in [0.2, 0.25) is 5.91 Å². The van der Waals surface area contributed by atoms with Gasteiger partial charge in [0.1, 0.15) is 5.54 Å². The largest absolute Gasteiger partial charge is 0.351 e. The summed E-state index contributed by atoms with van der Waals surface area (Å²) in [6.07, 6.45) is 0. The van der Waals surface area contributed by atoms with Crippen LogP contribution in [0.25, 0.3) is 0 Å². The van der Waals surface area contributed by atoms with E-state index in [2.05, 4.69) is 10.6 Å². The molecular weight excluding hydrogens is 411 g/mol. The summed E-state index contributed by atoms with van der Waals surface area (Å²) < 4.78 is 0.